The third kappa shape index (κ3) is 7.41. The van der Waals surface area contributed by atoms with Crippen molar-refractivity contribution in [2.45, 2.75) is 64.3 Å². The van der Waals surface area contributed by atoms with Crippen molar-refractivity contribution in [1.29, 1.82) is 0 Å². The van der Waals surface area contributed by atoms with Gasteiger partial charge in [-0.25, -0.2) is 0 Å². The number of guanidine groups is 1. The molecule has 0 aliphatic heterocycles. The van der Waals surface area contributed by atoms with Crippen molar-refractivity contribution >= 4 is 5.96 Å². The van der Waals surface area contributed by atoms with Crippen LogP contribution in [0.25, 0.3) is 0 Å². The molecular weight excluding hydrogens is 236 g/mol. The molecule has 0 aromatic rings. The molecule has 4 nitrogen and oxygen atoms in total. The van der Waals surface area contributed by atoms with Crippen molar-refractivity contribution in [2.75, 3.05) is 26.7 Å². The van der Waals surface area contributed by atoms with Crippen molar-refractivity contribution in [3.05, 3.63) is 0 Å². The topological polar surface area (TPSA) is 53.6 Å². The number of hydrogen-bond acceptors (Lipinski definition) is 2. The largest absolute Gasteiger partial charge is 0.370 e. The number of nitrogens with one attached hydrogen (secondary N) is 1. The van der Waals surface area contributed by atoms with E-state index in [1.165, 1.54) is 38.5 Å². The molecule has 0 unspecified atom stereocenters. The maximum atomic E-state index is 5.80. The van der Waals surface area contributed by atoms with Crippen molar-refractivity contribution in [3.63, 3.8) is 0 Å². The number of aliphatic imine (C=N–C) groups is 1. The molecule has 0 radical (unpaired) electrons. The van der Waals surface area contributed by atoms with E-state index in [2.05, 4.69) is 29.2 Å². The normalized spacial score (nSPS) is 17.9. The molecule has 1 saturated carbocycles. The molecule has 0 saturated heterocycles. The first-order chi connectivity index (χ1) is 9.24. The standard InChI is InChI=1S/C15H32N4/c1-3-4-11-17-15(16)18-12-8-13-19(2)14-9-6-5-7-10-14/h14H,3-13H2,1-2H3,(H3,16,17,18). The Morgan fingerprint density at radius 3 is 2.68 bits per heavy atom. The van der Waals surface area contributed by atoms with Gasteiger partial charge in [0.2, 0.25) is 0 Å². The van der Waals surface area contributed by atoms with Gasteiger partial charge in [0.15, 0.2) is 5.96 Å². The van der Waals surface area contributed by atoms with Crippen molar-refractivity contribution in [1.82, 2.24) is 10.2 Å². The minimum Gasteiger partial charge on any atom is -0.370 e. The summed E-state index contributed by atoms with van der Waals surface area (Å²) in [5, 5.41) is 3.15. The van der Waals surface area contributed by atoms with Gasteiger partial charge in [-0.15, -0.1) is 0 Å². The van der Waals surface area contributed by atoms with Crippen LogP contribution in [0.2, 0.25) is 0 Å². The fourth-order valence-corrected chi connectivity index (χ4v) is 2.67. The molecule has 0 heterocycles. The van der Waals surface area contributed by atoms with Gasteiger partial charge in [-0.2, -0.15) is 0 Å². The summed E-state index contributed by atoms with van der Waals surface area (Å²) >= 11 is 0. The molecule has 0 bridgehead atoms. The molecule has 1 aliphatic carbocycles. The molecule has 112 valence electrons. The van der Waals surface area contributed by atoms with E-state index in [0.29, 0.717) is 5.96 Å². The van der Waals surface area contributed by atoms with Gasteiger partial charge in [0, 0.05) is 19.1 Å². The Bertz CT molecular complexity index is 247. The highest BCUT2D eigenvalue weighted by molar-refractivity contribution is 5.77. The Hall–Kier alpha value is -0.770. The van der Waals surface area contributed by atoms with Crippen LogP contribution >= 0.6 is 0 Å². The van der Waals surface area contributed by atoms with Gasteiger partial charge in [-0.05, 0) is 39.3 Å². The van der Waals surface area contributed by atoms with E-state index in [1.807, 2.05) is 0 Å². The number of hydrogen-bond donors (Lipinski definition) is 2. The van der Waals surface area contributed by atoms with E-state index in [9.17, 15) is 0 Å². The van der Waals surface area contributed by atoms with Crippen LogP contribution < -0.4 is 11.1 Å². The van der Waals surface area contributed by atoms with Gasteiger partial charge < -0.3 is 16.0 Å². The molecule has 0 spiro atoms. The lowest BCUT2D eigenvalue weighted by Crippen LogP contribution is -2.35. The second-order valence-electron chi connectivity index (χ2n) is 5.67. The second-order valence-corrected chi connectivity index (χ2v) is 5.67. The van der Waals surface area contributed by atoms with Gasteiger partial charge in [0.25, 0.3) is 0 Å². The van der Waals surface area contributed by atoms with Gasteiger partial charge in [0.05, 0.1) is 0 Å². The Morgan fingerprint density at radius 2 is 2.00 bits per heavy atom. The quantitative estimate of drug-likeness (QED) is 0.404. The summed E-state index contributed by atoms with van der Waals surface area (Å²) in [5.74, 6) is 0.605. The molecule has 0 aromatic carbocycles. The minimum atomic E-state index is 0.605. The molecule has 1 fully saturated rings. The molecule has 1 aliphatic rings. The summed E-state index contributed by atoms with van der Waals surface area (Å²) in [6.07, 6.45) is 10.4. The van der Waals surface area contributed by atoms with Crippen LogP contribution in [0.1, 0.15) is 58.3 Å². The average molecular weight is 268 g/mol. The zero-order chi connectivity index (χ0) is 13.9. The van der Waals surface area contributed by atoms with Crippen LogP contribution in [0.15, 0.2) is 4.99 Å². The zero-order valence-corrected chi connectivity index (χ0v) is 12.8. The maximum absolute atomic E-state index is 5.80. The molecule has 19 heavy (non-hydrogen) atoms. The third-order valence-electron chi connectivity index (χ3n) is 3.99. The number of nitrogens with two attached hydrogens (primary N) is 1. The number of unbranched alkanes of at least 4 members (excludes halogenated alkanes) is 1. The lowest BCUT2D eigenvalue weighted by molar-refractivity contribution is 0.191. The average Bonchev–Trinajstić information content (AvgIpc) is 2.44. The smallest absolute Gasteiger partial charge is 0.188 e. The molecule has 0 aromatic heterocycles. The van der Waals surface area contributed by atoms with Crippen molar-refractivity contribution in [2.24, 2.45) is 10.7 Å². The Labute approximate surface area is 118 Å². The van der Waals surface area contributed by atoms with E-state index < -0.39 is 0 Å². The third-order valence-corrected chi connectivity index (χ3v) is 3.99. The lowest BCUT2D eigenvalue weighted by atomic mass is 9.94. The zero-order valence-electron chi connectivity index (χ0n) is 12.8. The first-order valence-corrected chi connectivity index (χ1v) is 7.98. The monoisotopic (exact) mass is 268 g/mol. The summed E-state index contributed by atoms with van der Waals surface area (Å²) in [5.41, 5.74) is 5.80. The van der Waals surface area contributed by atoms with Gasteiger partial charge >= 0.3 is 0 Å². The fourth-order valence-electron chi connectivity index (χ4n) is 2.67. The molecule has 4 heteroatoms. The van der Waals surface area contributed by atoms with E-state index in [0.717, 1.165) is 38.5 Å². The number of rotatable bonds is 8. The van der Waals surface area contributed by atoms with Crippen LogP contribution in [-0.4, -0.2) is 43.6 Å². The molecule has 1 rings (SSSR count). The predicted octanol–water partition coefficient (Wildman–Crippen LogP) is 2.35. The fraction of sp³-hybridized carbons (Fsp3) is 0.933. The summed E-state index contributed by atoms with van der Waals surface area (Å²) in [6, 6.07) is 0.803. The lowest BCUT2D eigenvalue weighted by Gasteiger charge is -2.30. The van der Waals surface area contributed by atoms with Gasteiger partial charge in [-0.1, -0.05) is 32.6 Å². The van der Waals surface area contributed by atoms with Crippen LogP contribution in [0, 0.1) is 0 Å². The first kappa shape index (κ1) is 16.3. The van der Waals surface area contributed by atoms with Crippen LogP contribution in [0.3, 0.4) is 0 Å². The minimum absolute atomic E-state index is 0.605. The summed E-state index contributed by atoms with van der Waals surface area (Å²) in [6.45, 7) is 5.09. The van der Waals surface area contributed by atoms with E-state index in [4.69, 9.17) is 5.73 Å². The highest BCUT2D eigenvalue weighted by Gasteiger charge is 2.16. The summed E-state index contributed by atoms with van der Waals surface area (Å²) < 4.78 is 0. The SMILES string of the molecule is CCCCNC(N)=NCCCN(C)C1CCCCC1. The molecular formula is C15H32N4. The van der Waals surface area contributed by atoms with Crippen molar-refractivity contribution < 1.29 is 0 Å². The van der Waals surface area contributed by atoms with E-state index in [1.54, 1.807) is 0 Å². The Kier molecular flexibility index (Phi) is 8.63. The van der Waals surface area contributed by atoms with Crippen LogP contribution in [0.5, 0.6) is 0 Å². The highest BCUT2D eigenvalue weighted by atomic mass is 15.1. The summed E-state index contributed by atoms with van der Waals surface area (Å²) in [4.78, 5) is 6.88. The summed E-state index contributed by atoms with van der Waals surface area (Å²) in [7, 11) is 2.25. The van der Waals surface area contributed by atoms with Crippen LogP contribution in [-0.2, 0) is 0 Å². The van der Waals surface area contributed by atoms with E-state index >= 15 is 0 Å². The van der Waals surface area contributed by atoms with Gasteiger partial charge in [-0.3, -0.25) is 4.99 Å². The number of nitrogens with zero attached hydrogens (tertiary/aromatic N) is 2. The highest BCUT2D eigenvalue weighted by Crippen LogP contribution is 2.21. The first-order valence-electron chi connectivity index (χ1n) is 7.98. The Balaban J connectivity index is 2.06. The van der Waals surface area contributed by atoms with Gasteiger partial charge in [0.1, 0.15) is 0 Å². The molecule has 0 atom stereocenters. The van der Waals surface area contributed by atoms with Crippen LogP contribution in [0.4, 0.5) is 0 Å². The second kappa shape index (κ2) is 10.1. The van der Waals surface area contributed by atoms with Crippen molar-refractivity contribution in [3.8, 4) is 0 Å². The Morgan fingerprint density at radius 1 is 1.26 bits per heavy atom. The molecule has 0 amide bonds. The maximum Gasteiger partial charge on any atom is 0.188 e. The molecule has 3 N–H and O–H groups in total. The predicted molar refractivity (Wildman–Crippen MR) is 83.5 cm³/mol. The van der Waals surface area contributed by atoms with E-state index in [-0.39, 0.29) is 0 Å².